The summed E-state index contributed by atoms with van der Waals surface area (Å²) in [6, 6.07) is 11.3. The van der Waals surface area contributed by atoms with E-state index >= 15 is 0 Å². The first-order valence-corrected chi connectivity index (χ1v) is 8.52. The summed E-state index contributed by atoms with van der Waals surface area (Å²) in [7, 11) is 1.86. The van der Waals surface area contributed by atoms with E-state index in [1.807, 2.05) is 11.9 Å². The van der Waals surface area contributed by atoms with E-state index in [1.165, 1.54) is 6.07 Å². The maximum atomic E-state index is 13.4. The quantitative estimate of drug-likeness (QED) is 0.729. The van der Waals surface area contributed by atoms with Gasteiger partial charge in [0.1, 0.15) is 6.61 Å². The van der Waals surface area contributed by atoms with Crippen LogP contribution in [-0.4, -0.2) is 37.6 Å². The molecule has 2 rings (SSSR count). The highest BCUT2D eigenvalue weighted by Crippen LogP contribution is 2.29. The lowest BCUT2D eigenvalue weighted by molar-refractivity contribution is -0.116. The van der Waals surface area contributed by atoms with Crippen LogP contribution in [0.2, 0.25) is 10.0 Å². The molecule has 2 aromatic rings. The summed E-state index contributed by atoms with van der Waals surface area (Å²) in [5.74, 6) is -0.347. The van der Waals surface area contributed by atoms with Gasteiger partial charge in [-0.25, -0.2) is 4.39 Å². The van der Waals surface area contributed by atoms with E-state index in [9.17, 15) is 9.18 Å². The number of rotatable bonds is 8. The van der Waals surface area contributed by atoms with Crippen LogP contribution in [0, 0.1) is 5.82 Å². The Bertz CT molecular complexity index is 708. The molecule has 0 saturated heterocycles. The third-order valence-corrected chi connectivity index (χ3v) is 4.14. The van der Waals surface area contributed by atoms with Gasteiger partial charge in [0.25, 0.3) is 0 Å². The molecule has 0 radical (unpaired) electrons. The van der Waals surface area contributed by atoms with Gasteiger partial charge in [-0.05, 0) is 31.3 Å². The third kappa shape index (κ3) is 6.20. The predicted molar refractivity (Wildman–Crippen MR) is 99.1 cm³/mol. The fourth-order valence-electron chi connectivity index (χ4n) is 2.10. The fourth-order valence-corrected chi connectivity index (χ4v) is 2.59. The van der Waals surface area contributed by atoms with Gasteiger partial charge in [0.05, 0.1) is 15.7 Å². The topological polar surface area (TPSA) is 41.6 Å². The zero-order chi connectivity index (χ0) is 18.2. The highest BCUT2D eigenvalue weighted by atomic mass is 35.5. The minimum Gasteiger partial charge on any atom is -0.489 e. The minimum absolute atomic E-state index is 0.183. The first-order valence-electron chi connectivity index (χ1n) is 7.77. The molecule has 4 nitrogen and oxygen atoms in total. The molecule has 2 aromatic carbocycles. The molecule has 0 aliphatic rings. The van der Waals surface area contributed by atoms with Crippen LogP contribution in [0.25, 0.3) is 0 Å². The normalized spacial score (nSPS) is 10.8. The smallest absolute Gasteiger partial charge is 0.225 e. The van der Waals surface area contributed by atoms with Crippen LogP contribution in [0.15, 0.2) is 42.5 Å². The number of halogens is 3. The van der Waals surface area contributed by atoms with E-state index in [2.05, 4.69) is 5.32 Å². The Hall–Kier alpha value is -1.82. The highest BCUT2D eigenvalue weighted by molar-refractivity contribution is 6.39. The van der Waals surface area contributed by atoms with E-state index in [4.69, 9.17) is 27.9 Å². The van der Waals surface area contributed by atoms with Crippen molar-refractivity contribution in [1.82, 2.24) is 4.90 Å². The van der Waals surface area contributed by atoms with E-state index in [0.29, 0.717) is 35.4 Å². The molecule has 7 heteroatoms. The molecule has 25 heavy (non-hydrogen) atoms. The Balaban J connectivity index is 1.71. The second-order valence-electron chi connectivity index (χ2n) is 5.48. The molecule has 0 aromatic heterocycles. The van der Waals surface area contributed by atoms with Crippen molar-refractivity contribution in [2.24, 2.45) is 0 Å². The first-order chi connectivity index (χ1) is 12.0. The average molecular weight is 385 g/mol. The van der Waals surface area contributed by atoms with Crippen LogP contribution in [0.5, 0.6) is 5.75 Å². The van der Waals surface area contributed by atoms with Crippen LogP contribution < -0.4 is 10.1 Å². The summed E-state index contributed by atoms with van der Waals surface area (Å²) in [5, 5.41) is 3.50. The molecule has 0 heterocycles. The molecular weight excluding hydrogens is 366 g/mol. The van der Waals surface area contributed by atoms with Gasteiger partial charge in [-0.2, -0.15) is 0 Å². The molecule has 0 aliphatic carbocycles. The van der Waals surface area contributed by atoms with Crippen LogP contribution in [0.1, 0.15) is 6.42 Å². The number of amides is 1. The standard InChI is InChI=1S/C18H19Cl2FN2O2/c1-23(11-12-25-16-8-3-2-7-15(16)21)10-9-17(24)22-18-13(19)5-4-6-14(18)20/h2-8H,9-12H2,1H3,(H,22,24). The lowest BCUT2D eigenvalue weighted by Crippen LogP contribution is -2.28. The Labute approximate surface area is 156 Å². The van der Waals surface area contributed by atoms with Crippen molar-refractivity contribution in [2.75, 3.05) is 32.1 Å². The molecule has 1 N–H and O–H groups in total. The van der Waals surface area contributed by atoms with Gasteiger partial charge in [-0.3, -0.25) is 4.79 Å². The van der Waals surface area contributed by atoms with Crippen molar-refractivity contribution in [3.8, 4) is 5.75 Å². The van der Waals surface area contributed by atoms with E-state index in [-0.39, 0.29) is 23.9 Å². The van der Waals surface area contributed by atoms with Crippen LogP contribution in [-0.2, 0) is 4.79 Å². The number of likely N-dealkylation sites (N-methyl/N-ethyl adjacent to an activating group) is 1. The Kier molecular flexibility index (Phi) is 7.50. The van der Waals surface area contributed by atoms with Crippen LogP contribution >= 0.6 is 23.2 Å². The summed E-state index contributed by atoms with van der Waals surface area (Å²) in [6.45, 7) is 1.42. The zero-order valence-electron chi connectivity index (χ0n) is 13.8. The number of ether oxygens (including phenoxy) is 1. The number of benzene rings is 2. The monoisotopic (exact) mass is 384 g/mol. The predicted octanol–water partition coefficient (Wildman–Crippen LogP) is 4.47. The Morgan fingerprint density at radius 1 is 1.12 bits per heavy atom. The summed E-state index contributed by atoms with van der Waals surface area (Å²) in [4.78, 5) is 14.0. The van der Waals surface area contributed by atoms with Crippen LogP contribution in [0.4, 0.5) is 10.1 Å². The van der Waals surface area contributed by atoms with Gasteiger partial charge in [-0.15, -0.1) is 0 Å². The van der Waals surface area contributed by atoms with Crippen LogP contribution in [0.3, 0.4) is 0 Å². The van der Waals surface area contributed by atoms with Crippen molar-refractivity contribution in [3.63, 3.8) is 0 Å². The second kappa shape index (κ2) is 9.61. The van der Waals surface area contributed by atoms with Crippen molar-refractivity contribution in [2.45, 2.75) is 6.42 Å². The third-order valence-electron chi connectivity index (χ3n) is 3.51. The highest BCUT2D eigenvalue weighted by Gasteiger charge is 2.10. The number of para-hydroxylation sites is 2. The number of hydrogen-bond acceptors (Lipinski definition) is 3. The maximum Gasteiger partial charge on any atom is 0.225 e. The number of nitrogens with zero attached hydrogens (tertiary/aromatic N) is 1. The summed E-state index contributed by atoms with van der Waals surface area (Å²) < 4.78 is 18.8. The number of anilines is 1. The minimum atomic E-state index is -0.388. The van der Waals surface area contributed by atoms with E-state index in [0.717, 1.165) is 0 Å². The molecule has 0 saturated carbocycles. The molecule has 0 bridgehead atoms. The van der Waals surface area contributed by atoms with Crippen molar-refractivity contribution in [3.05, 3.63) is 58.3 Å². The fraction of sp³-hybridized carbons (Fsp3) is 0.278. The summed E-state index contributed by atoms with van der Waals surface area (Å²) >= 11 is 12.0. The van der Waals surface area contributed by atoms with Crippen molar-refractivity contribution >= 4 is 34.8 Å². The van der Waals surface area contributed by atoms with Gasteiger partial charge in [0.15, 0.2) is 11.6 Å². The molecule has 1 amide bonds. The van der Waals surface area contributed by atoms with Crippen molar-refractivity contribution in [1.29, 1.82) is 0 Å². The van der Waals surface area contributed by atoms with Gasteiger partial charge >= 0.3 is 0 Å². The number of nitrogens with one attached hydrogen (secondary N) is 1. The van der Waals surface area contributed by atoms with Gasteiger partial charge in [0.2, 0.25) is 5.91 Å². The van der Waals surface area contributed by atoms with Gasteiger partial charge in [-0.1, -0.05) is 41.4 Å². The molecule has 134 valence electrons. The average Bonchev–Trinajstić information content (AvgIpc) is 2.58. The largest absolute Gasteiger partial charge is 0.489 e. The lowest BCUT2D eigenvalue weighted by Gasteiger charge is -2.17. The molecule has 0 unspecified atom stereocenters. The van der Waals surface area contributed by atoms with E-state index in [1.54, 1.807) is 36.4 Å². The summed E-state index contributed by atoms with van der Waals surface area (Å²) in [5.41, 5.74) is 0.418. The second-order valence-corrected chi connectivity index (χ2v) is 6.29. The molecule has 0 spiro atoms. The SMILES string of the molecule is CN(CCOc1ccccc1F)CCC(=O)Nc1c(Cl)cccc1Cl. The Morgan fingerprint density at radius 3 is 2.48 bits per heavy atom. The van der Waals surface area contributed by atoms with Gasteiger partial charge in [0, 0.05) is 19.5 Å². The molecule has 0 atom stereocenters. The van der Waals surface area contributed by atoms with Crippen molar-refractivity contribution < 1.29 is 13.9 Å². The Morgan fingerprint density at radius 2 is 1.80 bits per heavy atom. The van der Waals surface area contributed by atoms with Gasteiger partial charge < -0.3 is 15.0 Å². The summed E-state index contributed by atoms with van der Waals surface area (Å²) in [6.07, 6.45) is 0.276. The molecule has 0 fully saturated rings. The number of carbonyl (C=O) groups excluding carboxylic acids is 1. The van der Waals surface area contributed by atoms with E-state index < -0.39 is 0 Å². The lowest BCUT2D eigenvalue weighted by atomic mass is 10.3. The first kappa shape index (κ1) is 19.5. The number of hydrogen-bond donors (Lipinski definition) is 1. The molecular formula is C18H19Cl2FN2O2. The maximum absolute atomic E-state index is 13.4. The zero-order valence-corrected chi connectivity index (χ0v) is 15.3. The number of carbonyl (C=O) groups is 1. The molecule has 0 aliphatic heterocycles.